The van der Waals surface area contributed by atoms with Crippen LogP contribution in [0.4, 0.5) is 0 Å². The Balaban J connectivity index is 4.58. The van der Waals surface area contributed by atoms with Gasteiger partial charge in [-0.1, -0.05) is 22.6 Å². The summed E-state index contributed by atoms with van der Waals surface area (Å²) in [4.78, 5) is 45.5. The Morgan fingerprint density at radius 1 is 0.800 bits per heavy atom. The molecule has 3 N–H and O–H groups in total. The van der Waals surface area contributed by atoms with Crippen molar-refractivity contribution in [1.29, 1.82) is 0 Å². The number of alkyl halides is 1. The molecule has 0 aliphatic rings. The third-order valence-electron chi connectivity index (χ3n) is 2.20. The van der Waals surface area contributed by atoms with Crippen molar-refractivity contribution in [3.63, 3.8) is 0 Å². The number of hydrogen-bond acceptors (Lipinski definition) is 5. The van der Waals surface area contributed by atoms with Crippen LogP contribution >= 0.6 is 22.6 Å². The first-order valence-electron chi connectivity index (χ1n) is 5.47. The van der Waals surface area contributed by atoms with E-state index in [9.17, 15) is 19.2 Å². The first-order chi connectivity index (χ1) is 9.26. The van der Waals surface area contributed by atoms with Crippen LogP contribution < -0.4 is 0 Å². The minimum atomic E-state index is -1.20. The smallest absolute Gasteiger partial charge is 0.323 e. The van der Waals surface area contributed by atoms with Gasteiger partial charge >= 0.3 is 17.9 Å². The molecule has 0 aromatic rings. The molecule has 0 heterocycles. The highest BCUT2D eigenvalue weighted by molar-refractivity contribution is 14.1. The van der Waals surface area contributed by atoms with Crippen molar-refractivity contribution in [1.82, 2.24) is 9.80 Å². The Morgan fingerprint density at radius 3 is 1.60 bits per heavy atom. The molecule has 10 heteroatoms. The normalized spacial score (nSPS) is 10.3. The molecule has 0 atom stereocenters. The van der Waals surface area contributed by atoms with Gasteiger partial charge in [-0.2, -0.15) is 0 Å². The van der Waals surface area contributed by atoms with Gasteiger partial charge in [0.1, 0.15) is 6.54 Å². The molecular formula is C10H15IN2O7. The predicted octanol–water partition coefficient (Wildman–Crippen LogP) is -1.19. The number of nitrogens with zero attached hydrogens (tertiary/aromatic N) is 2. The Morgan fingerprint density at radius 2 is 1.25 bits per heavy atom. The van der Waals surface area contributed by atoms with Gasteiger partial charge in [0, 0.05) is 13.1 Å². The summed E-state index contributed by atoms with van der Waals surface area (Å²) in [5.41, 5.74) is 0. The molecular weight excluding hydrogens is 387 g/mol. The molecule has 0 aromatic heterocycles. The Labute approximate surface area is 128 Å². The van der Waals surface area contributed by atoms with E-state index >= 15 is 0 Å². The van der Waals surface area contributed by atoms with Gasteiger partial charge in [0.2, 0.25) is 5.91 Å². The van der Waals surface area contributed by atoms with Gasteiger partial charge in [0.25, 0.3) is 0 Å². The fourth-order valence-corrected chi connectivity index (χ4v) is 1.88. The number of rotatable bonds is 10. The molecule has 9 nitrogen and oxygen atoms in total. The van der Waals surface area contributed by atoms with Crippen LogP contribution in [0.25, 0.3) is 0 Å². The number of halogens is 1. The summed E-state index contributed by atoms with van der Waals surface area (Å²) in [5, 5.41) is 26.0. The Hall–Kier alpha value is -1.43. The standard InChI is InChI=1S/C10H15IN2O7/c11-3-7(14)13(6-10(19)20)2-1-12(4-8(15)16)5-9(17)18/h1-6H2,(H,15,16)(H,17,18)(H,19,20). The summed E-state index contributed by atoms with van der Waals surface area (Å²) in [5.74, 6) is -3.99. The molecule has 0 spiro atoms. The fourth-order valence-electron chi connectivity index (χ4n) is 1.40. The molecule has 0 saturated heterocycles. The summed E-state index contributed by atoms with van der Waals surface area (Å²) in [7, 11) is 0. The third-order valence-corrected chi connectivity index (χ3v) is 2.85. The topological polar surface area (TPSA) is 135 Å². The average Bonchev–Trinajstić information content (AvgIpc) is 2.31. The van der Waals surface area contributed by atoms with Crippen LogP contribution in [0.2, 0.25) is 0 Å². The van der Waals surface area contributed by atoms with Gasteiger partial charge < -0.3 is 20.2 Å². The lowest BCUT2D eigenvalue weighted by molar-refractivity contribution is -0.145. The van der Waals surface area contributed by atoms with Crippen LogP contribution in [-0.2, 0) is 19.2 Å². The van der Waals surface area contributed by atoms with Crippen molar-refractivity contribution in [2.45, 2.75) is 0 Å². The maximum Gasteiger partial charge on any atom is 0.323 e. The zero-order valence-electron chi connectivity index (χ0n) is 10.5. The molecule has 0 bridgehead atoms. The summed E-state index contributed by atoms with van der Waals surface area (Å²) in [6, 6.07) is 0. The van der Waals surface area contributed by atoms with Crippen molar-refractivity contribution in [2.75, 3.05) is 37.2 Å². The van der Waals surface area contributed by atoms with Crippen LogP contribution in [0.5, 0.6) is 0 Å². The van der Waals surface area contributed by atoms with Crippen LogP contribution in [0.3, 0.4) is 0 Å². The van der Waals surface area contributed by atoms with Crippen LogP contribution in [0, 0.1) is 0 Å². The maximum atomic E-state index is 11.5. The Kier molecular flexibility index (Phi) is 8.79. The monoisotopic (exact) mass is 402 g/mol. The third kappa shape index (κ3) is 8.63. The molecule has 0 unspecified atom stereocenters. The number of carbonyl (C=O) groups is 4. The number of carboxylic acid groups (broad SMARTS) is 3. The van der Waals surface area contributed by atoms with E-state index < -0.39 is 43.4 Å². The van der Waals surface area contributed by atoms with E-state index in [1.54, 1.807) is 22.6 Å². The minimum Gasteiger partial charge on any atom is -0.480 e. The van der Waals surface area contributed by atoms with Crippen molar-refractivity contribution in [3.05, 3.63) is 0 Å². The first-order valence-corrected chi connectivity index (χ1v) is 7.00. The number of aliphatic carboxylic acids is 3. The van der Waals surface area contributed by atoms with E-state index in [0.717, 1.165) is 9.80 Å². The SMILES string of the molecule is O=C(O)CN(CCN(CC(=O)O)C(=O)CI)CC(=O)O. The predicted molar refractivity (Wildman–Crippen MR) is 74.8 cm³/mol. The highest BCUT2D eigenvalue weighted by Gasteiger charge is 2.19. The number of amides is 1. The quantitative estimate of drug-likeness (QED) is 0.307. The number of carboxylic acids is 3. The lowest BCUT2D eigenvalue weighted by atomic mass is 10.4. The second-order valence-electron chi connectivity index (χ2n) is 3.84. The van der Waals surface area contributed by atoms with Crippen LogP contribution in [0.1, 0.15) is 0 Å². The van der Waals surface area contributed by atoms with E-state index in [4.69, 9.17) is 15.3 Å². The molecule has 1 amide bonds. The largest absolute Gasteiger partial charge is 0.480 e. The molecule has 0 aliphatic heterocycles. The fraction of sp³-hybridized carbons (Fsp3) is 0.600. The van der Waals surface area contributed by atoms with Crippen molar-refractivity contribution in [2.24, 2.45) is 0 Å². The second kappa shape index (κ2) is 9.47. The molecule has 0 aliphatic carbocycles. The van der Waals surface area contributed by atoms with E-state index in [0.29, 0.717) is 0 Å². The van der Waals surface area contributed by atoms with Gasteiger partial charge in [0.15, 0.2) is 0 Å². The van der Waals surface area contributed by atoms with Gasteiger partial charge in [-0.25, -0.2) is 0 Å². The van der Waals surface area contributed by atoms with Crippen LogP contribution in [-0.4, -0.2) is 86.1 Å². The molecule has 0 fully saturated rings. The van der Waals surface area contributed by atoms with Crippen molar-refractivity contribution in [3.8, 4) is 0 Å². The lowest BCUT2D eigenvalue weighted by Crippen LogP contribution is -2.44. The summed E-state index contributed by atoms with van der Waals surface area (Å²) >= 11 is 1.79. The van der Waals surface area contributed by atoms with Gasteiger partial charge in [0.05, 0.1) is 17.5 Å². The molecule has 114 valence electrons. The molecule has 0 rings (SSSR count). The average molecular weight is 402 g/mol. The van der Waals surface area contributed by atoms with Crippen molar-refractivity contribution >= 4 is 46.4 Å². The second-order valence-corrected chi connectivity index (χ2v) is 4.60. The zero-order chi connectivity index (χ0) is 15.7. The molecule has 0 aromatic carbocycles. The molecule has 20 heavy (non-hydrogen) atoms. The summed E-state index contributed by atoms with van der Waals surface area (Å²) in [6.45, 7) is -1.57. The van der Waals surface area contributed by atoms with Crippen LogP contribution in [0.15, 0.2) is 0 Å². The molecule has 0 saturated carbocycles. The minimum absolute atomic E-state index is 0.0335. The van der Waals surface area contributed by atoms with E-state index in [1.165, 1.54) is 0 Å². The highest BCUT2D eigenvalue weighted by atomic mass is 127. The number of carbonyl (C=O) groups excluding carboxylic acids is 1. The zero-order valence-corrected chi connectivity index (χ0v) is 12.6. The van der Waals surface area contributed by atoms with E-state index in [1.807, 2.05) is 0 Å². The first kappa shape index (κ1) is 18.6. The van der Waals surface area contributed by atoms with Gasteiger partial charge in [-0.05, 0) is 0 Å². The molecule has 0 radical (unpaired) electrons. The summed E-state index contributed by atoms with van der Waals surface area (Å²) < 4.78 is 0.0862. The van der Waals surface area contributed by atoms with E-state index in [-0.39, 0.29) is 17.5 Å². The Bertz CT molecular complexity index is 372. The maximum absolute atomic E-state index is 11.5. The van der Waals surface area contributed by atoms with Crippen molar-refractivity contribution < 1.29 is 34.5 Å². The highest BCUT2D eigenvalue weighted by Crippen LogP contribution is 1.97. The number of hydrogen-bond donors (Lipinski definition) is 3. The summed E-state index contributed by atoms with van der Waals surface area (Å²) in [6.07, 6.45) is 0. The van der Waals surface area contributed by atoms with Gasteiger partial charge in [-0.15, -0.1) is 0 Å². The van der Waals surface area contributed by atoms with Gasteiger partial charge in [-0.3, -0.25) is 24.1 Å². The lowest BCUT2D eigenvalue weighted by Gasteiger charge is -2.24. The van der Waals surface area contributed by atoms with E-state index in [2.05, 4.69) is 0 Å².